The van der Waals surface area contributed by atoms with Gasteiger partial charge in [-0.15, -0.1) is 0 Å². The normalized spacial score (nSPS) is 30.4. The lowest BCUT2D eigenvalue weighted by Gasteiger charge is -2.36. The molecule has 2 aliphatic rings. The van der Waals surface area contributed by atoms with E-state index >= 15 is 0 Å². The highest BCUT2D eigenvalue weighted by Crippen LogP contribution is 2.28. The van der Waals surface area contributed by atoms with Crippen LogP contribution in [-0.2, 0) is 4.79 Å². The van der Waals surface area contributed by atoms with Gasteiger partial charge in [0.1, 0.15) is 5.54 Å². The second kappa shape index (κ2) is 6.90. The number of rotatable bonds is 4. The molecule has 1 aliphatic heterocycles. The molecule has 2 N–H and O–H groups in total. The molecule has 2 fully saturated rings. The number of hydrogen-bond acceptors (Lipinski definition) is 3. The Hall–Kier alpha value is -0.610. The zero-order valence-corrected chi connectivity index (χ0v) is 13.0. The molecular formula is C16H30N2O2. The molecule has 2 rings (SSSR count). The molecule has 0 aromatic heterocycles. The summed E-state index contributed by atoms with van der Waals surface area (Å²) in [5, 5.41) is 13.3. The van der Waals surface area contributed by atoms with Crippen molar-refractivity contribution in [1.29, 1.82) is 0 Å². The molecule has 4 nitrogen and oxygen atoms in total. The number of carboxylic acids is 1. The van der Waals surface area contributed by atoms with Gasteiger partial charge in [0.25, 0.3) is 0 Å². The predicted octanol–water partition coefficient (Wildman–Crippen LogP) is 2.63. The third-order valence-electron chi connectivity index (χ3n) is 5.10. The van der Waals surface area contributed by atoms with E-state index in [0.29, 0.717) is 12.1 Å². The van der Waals surface area contributed by atoms with E-state index in [1.807, 2.05) is 0 Å². The minimum Gasteiger partial charge on any atom is -0.480 e. The van der Waals surface area contributed by atoms with E-state index in [4.69, 9.17) is 0 Å². The van der Waals surface area contributed by atoms with E-state index < -0.39 is 11.5 Å². The number of nitrogens with zero attached hydrogens (tertiary/aromatic N) is 1. The van der Waals surface area contributed by atoms with Crippen LogP contribution in [0.25, 0.3) is 0 Å². The van der Waals surface area contributed by atoms with Gasteiger partial charge in [0, 0.05) is 18.6 Å². The van der Waals surface area contributed by atoms with Gasteiger partial charge in [0.15, 0.2) is 0 Å². The maximum atomic E-state index is 11.9. The lowest BCUT2D eigenvalue weighted by Crippen LogP contribution is -2.56. The average Bonchev–Trinajstić information content (AvgIpc) is 2.63. The highest BCUT2D eigenvalue weighted by molar-refractivity contribution is 5.79. The third kappa shape index (κ3) is 3.73. The van der Waals surface area contributed by atoms with Crippen molar-refractivity contribution in [3.63, 3.8) is 0 Å². The lowest BCUT2D eigenvalue weighted by molar-refractivity contribution is -0.146. The van der Waals surface area contributed by atoms with Crippen LogP contribution in [0.1, 0.15) is 65.2 Å². The monoisotopic (exact) mass is 282 g/mol. The zero-order chi connectivity index (χ0) is 14.6. The molecule has 1 heterocycles. The molecule has 0 radical (unpaired) electrons. The smallest absolute Gasteiger partial charge is 0.323 e. The fraction of sp³-hybridized carbons (Fsp3) is 0.938. The highest BCUT2D eigenvalue weighted by Gasteiger charge is 2.41. The summed E-state index contributed by atoms with van der Waals surface area (Å²) in [6.07, 6.45) is 8.55. The van der Waals surface area contributed by atoms with Crippen molar-refractivity contribution in [2.24, 2.45) is 0 Å². The van der Waals surface area contributed by atoms with Gasteiger partial charge in [-0.1, -0.05) is 19.3 Å². The van der Waals surface area contributed by atoms with Crippen molar-refractivity contribution in [2.75, 3.05) is 13.1 Å². The van der Waals surface area contributed by atoms with Crippen molar-refractivity contribution in [1.82, 2.24) is 10.2 Å². The molecule has 1 aliphatic carbocycles. The van der Waals surface area contributed by atoms with Crippen molar-refractivity contribution < 1.29 is 9.90 Å². The molecule has 1 saturated heterocycles. The first-order valence-corrected chi connectivity index (χ1v) is 8.29. The van der Waals surface area contributed by atoms with E-state index in [0.717, 1.165) is 45.2 Å². The minimum atomic E-state index is -0.689. The van der Waals surface area contributed by atoms with Crippen LogP contribution in [0, 0.1) is 0 Å². The number of nitrogens with one attached hydrogen (secondary N) is 1. The summed E-state index contributed by atoms with van der Waals surface area (Å²) in [7, 11) is 0. The van der Waals surface area contributed by atoms with Crippen LogP contribution in [0.15, 0.2) is 0 Å². The summed E-state index contributed by atoms with van der Waals surface area (Å²) in [6.45, 7) is 6.31. The van der Waals surface area contributed by atoms with Gasteiger partial charge in [0.2, 0.25) is 0 Å². The average molecular weight is 282 g/mol. The summed E-state index contributed by atoms with van der Waals surface area (Å²) in [5.74, 6) is -0.645. The molecule has 1 saturated carbocycles. The van der Waals surface area contributed by atoms with E-state index in [-0.39, 0.29) is 0 Å². The SMILES string of the molecule is CC(C)N1CCCC(NC2CCCCC2)(C(=O)O)CC1. The van der Waals surface area contributed by atoms with Crippen LogP contribution in [0.3, 0.4) is 0 Å². The van der Waals surface area contributed by atoms with Crippen LogP contribution in [0.2, 0.25) is 0 Å². The van der Waals surface area contributed by atoms with Crippen molar-refractivity contribution in [2.45, 2.75) is 82.8 Å². The van der Waals surface area contributed by atoms with Gasteiger partial charge in [-0.25, -0.2) is 0 Å². The summed E-state index contributed by atoms with van der Waals surface area (Å²) < 4.78 is 0. The molecule has 20 heavy (non-hydrogen) atoms. The van der Waals surface area contributed by atoms with E-state index in [1.165, 1.54) is 19.3 Å². The van der Waals surface area contributed by atoms with E-state index in [9.17, 15) is 9.90 Å². The van der Waals surface area contributed by atoms with Gasteiger partial charge in [0.05, 0.1) is 0 Å². The van der Waals surface area contributed by atoms with Crippen molar-refractivity contribution in [3.05, 3.63) is 0 Å². The Morgan fingerprint density at radius 3 is 2.45 bits per heavy atom. The minimum absolute atomic E-state index is 0.408. The topological polar surface area (TPSA) is 52.6 Å². The first-order valence-electron chi connectivity index (χ1n) is 8.29. The van der Waals surface area contributed by atoms with Gasteiger partial charge < -0.3 is 10.0 Å². The second-order valence-corrected chi connectivity index (χ2v) is 6.85. The van der Waals surface area contributed by atoms with Crippen molar-refractivity contribution in [3.8, 4) is 0 Å². The Kier molecular flexibility index (Phi) is 5.44. The molecule has 0 aromatic carbocycles. The standard InChI is InChI=1S/C16H30N2O2/c1-13(2)18-11-6-9-16(10-12-18,15(19)20)17-14-7-4-3-5-8-14/h13-14,17H,3-12H2,1-2H3,(H,19,20). The zero-order valence-electron chi connectivity index (χ0n) is 13.0. The summed E-state index contributed by atoms with van der Waals surface area (Å²) in [5.41, 5.74) is -0.689. The summed E-state index contributed by atoms with van der Waals surface area (Å²) in [6, 6.07) is 0.916. The molecule has 116 valence electrons. The number of hydrogen-bond donors (Lipinski definition) is 2. The Morgan fingerprint density at radius 1 is 1.15 bits per heavy atom. The molecule has 0 amide bonds. The quantitative estimate of drug-likeness (QED) is 0.832. The fourth-order valence-electron chi connectivity index (χ4n) is 3.73. The lowest BCUT2D eigenvalue weighted by atomic mass is 9.86. The first-order chi connectivity index (χ1) is 9.53. The number of likely N-dealkylation sites (tertiary alicyclic amines) is 1. The van der Waals surface area contributed by atoms with Gasteiger partial charge in [-0.3, -0.25) is 10.1 Å². The Labute approximate surface area is 122 Å². The summed E-state index contributed by atoms with van der Waals surface area (Å²) in [4.78, 5) is 14.3. The fourth-order valence-corrected chi connectivity index (χ4v) is 3.73. The Balaban J connectivity index is 2.03. The number of carbonyl (C=O) groups is 1. The Bertz CT molecular complexity index is 326. The van der Waals surface area contributed by atoms with Crippen LogP contribution in [-0.4, -0.2) is 46.7 Å². The molecule has 4 heteroatoms. The maximum absolute atomic E-state index is 11.9. The van der Waals surface area contributed by atoms with Crippen LogP contribution in [0.4, 0.5) is 0 Å². The van der Waals surface area contributed by atoms with Crippen LogP contribution >= 0.6 is 0 Å². The van der Waals surface area contributed by atoms with Crippen LogP contribution < -0.4 is 5.32 Å². The predicted molar refractivity (Wildman–Crippen MR) is 80.9 cm³/mol. The summed E-state index contributed by atoms with van der Waals surface area (Å²) >= 11 is 0. The Morgan fingerprint density at radius 2 is 1.85 bits per heavy atom. The molecule has 0 aromatic rings. The highest BCUT2D eigenvalue weighted by atomic mass is 16.4. The maximum Gasteiger partial charge on any atom is 0.323 e. The number of carboxylic acid groups (broad SMARTS) is 1. The molecule has 0 bridgehead atoms. The van der Waals surface area contributed by atoms with Gasteiger partial charge in [-0.2, -0.15) is 0 Å². The van der Waals surface area contributed by atoms with E-state index in [2.05, 4.69) is 24.1 Å². The first kappa shape index (κ1) is 15.8. The molecule has 1 atom stereocenters. The molecule has 0 spiro atoms. The largest absolute Gasteiger partial charge is 0.480 e. The van der Waals surface area contributed by atoms with Crippen molar-refractivity contribution >= 4 is 5.97 Å². The number of aliphatic carboxylic acids is 1. The third-order valence-corrected chi connectivity index (χ3v) is 5.10. The van der Waals surface area contributed by atoms with Crippen LogP contribution in [0.5, 0.6) is 0 Å². The second-order valence-electron chi connectivity index (χ2n) is 6.85. The molecule has 1 unspecified atom stereocenters. The molecular weight excluding hydrogens is 252 g/mol. The van der Waals surface area contributed by atoms with Gasteiger partial charge >= 0.3 is 5.97 Å². The van der Waals surface area contributed by atoms with E-state index in [1.54, 1.807) is 0 Å². The van der Waals surface area contributed by atoms with Gasteiger partial charge in [-0.05, 0) is 52.5 Å².